The molecule has 0 fully saturated rings. The Morgan fingerprint density at radius 2 is 2.22 bits per heavy atom. The number of fused-ring (bicyclic) bond motifs is 1. The van der Waals surface area contributed by atoms with Crippen molar-refractivity contribution in [2.75, 3.05) is 5.32 Å². The molecular weight excluding hydrogens is 340 g/mol. The molecule has 0 aromatic carbocycles. The van der Waals surface area contributed by atoms with Gasteiger partial charge in [-0.05, 0) is 43.5 Å². The summed E-state index contributed by atoms with van der Waals surface area (Å²) >= 11 is 12.4. The summed E-state index contributed by atoms with van der Waals surface area (Å²) in [5.74, 6) is 0.806. The summed E-state index contributed by atoms with van der Waals surface area (Å²) in [5.41, 5.74) is 2.45. The van der Waals surface area contributed by atoms with Crippen LogP contribution < -0.4 is 5.32 Å². The molecule has 3 aromatic heterocycles. The first-order valence-corrected chi connectivity index (χ1v) is 8.07. The fraction of sp³-hybridized carbons (Fsp3) is 0.312. The highest BCUT2D eigenvalue weighted by Crippen LogP contribution is 2.29. The predicted octanol–water partition coefficient (Wildman–Crippen LogP) is 5.14. The van der Waals surface area contributed by atoms with Crippen molar-refractivity contribution in [3.63, 3.8) is 0 Å². The van der Waals surface area contributed by atoms with Crippen molar-refractivity contribution in [3.8, 4) is 0 Å². The second-order valence-corrected chi connectivity index (χ2v) is 6.14. The van der Waals surface area contributed by atoms with Crippen LogP contribution in [0.3, 0.4) is 0 Å². The second kappa shape index (κ2) is 6.81. The number of alkyl halides is 1. The average Bonchev–Trinajstić information content (AvgIpc) is 3.12. The minimum atomic E-state index is -0.873. The van der Waals surface area contributed by atoms with E-state index >= 15 is 0 Å². The first kappa shape index (κ1) is 16.1. The number of anilines is 1. The Kier molecular flexibility index (Phi) is 4.78. The Balaban J connectivity index is 1.92. The van der Waals surface area contributed by atoms with E-state index < -0.39 is 6.17 Å². The number of halogens is 3. The molecule has 4 nitrogen and oxygen atoms in total. The summed E-state index contributed by atoms with van der Waals surface area (Å²) < 4.78 is 20.0. The van der Waals surface area contributed by atoms with Gasteiger partial charge in [-0.2, -0.15) is 5.10 Å². The number of aromatic nitrogens is 2. The fourth-order valence-electron chi connectivity index (χ4n) is 2.40. The van der Waals surface area contributed by atoms with Crippen LogP contribution >= 0.6 is 23.2 Å². The van der Waals surface area contributed by atoms with Crippen molar-refractivity contribution in [1.29, 1.82) is 0 Å². The average molecular weight is 356 g/mol. The molecule has 3 heterocycles. The van der Waals surface area contributed by atoms with E-state index in [-0.39, 0.29) is 0 Å². The van der Waals surface area contributed by atoms with Crippen LogP contribution in [-0.2, 0) is 13.0 Å². The molecule has 7 heteroatoms. The van der Waals surface area contributed by atoms with Gasteiger partial charge in [0.1, 0.15) is 10.9 Å². The third kappa shape index (κ3) is 3.62. The van der Waals surface area contributed by atoms with Crippen LogP contribution in [0.25, 0.3) is 5.52 Å². The van der Waals surface area contributed by atoms with Crippen LogP contribution in [0.15, 0.2) is 34.9 Å². The summed E-state index contributed by atoms with van der Waals surface area (Å²) in [5, 5.41) is 8.27. The molecule has 122 valence electrons. The van der Waals surface area contributed by atoms with E-state index in [1.807, 2.05) is 18.2 Å². The van der Waals surface area contributed by atoms with Crippen LogP contribution in [-0.4, -0.2) is 15.8 Å². The Morgan fingerprint density at radius 1 is 1.39 bits per heavy atom. The van der Waals surface area contributed by atoms with Gasteiger partial charge >= 0.3 is 0 Å². The van der Waals surface area contributed by atoms with Crippen LogP contribution in [0.5, 0.6) is 0 Å². The molecule has 0 saturated carbocycles. The van der Waals surface area contributed by atoms with Crippen molar-refractivity contribution in [3.05, 3.63) is 52.2 Å². The minimum absolute atomic E-state index is 0.322. The fourth-order valence-corrected chi connectivity index (χ4v) is 2.86. The standard InChI is InChI=1S/C16H16Cl2FN3O/c1-10(19)4-5-11-7-14-13(20-9-12-3-2-6-23-12)8-15(17)21-22(14)16(11)18/h2-3,6-8,10,20H,4-5,9H2,1H3. The van der Waals surface area contributed by atoms with E-state index in [1.165, 1.54) is 6.92 Å². The van der Waals surface area contributed by atoms with Crippen molar-refractivity contribution < 1.29 is 8.81 Å². The maximum Gasteiger partial charge on any atom is 0.152 e. The molecule has 0 amide bonds. The molecule has 0 saturated heterocycles. The smallest absolute Gasteiger partial charge is 0.152 e. The number of hydrogen-bond donors (Lipinski definition) is 1. The third-order valence-corrected chi connectivity index (χ3v) is 4.16. The second-order valence-electron chi connectivity index (χ2n) is 5.39. The summed E-state index contributed by atoms with van der Waals surface area (Å²) in [4.78, 5) is 0. The molecule has 1 atom stereocenters. The van der Waals surface area contributed by atoms with Crippen LogP contribution in [0, 0.1) is 0 Å². The minimum Gasteiger partial charge on any atom is -0.467 e. The molecular formula is C16H16Cl2FN3O. The zero-order valence-electron chi connectivity index (χ0n) is 12.5. The van der Waals surface area contributed by atoms with Crippen molar-refractivity contribution in [2.24, 2.45) is 0 Å². The predicted molar refractivity (Wildman–Crippen MR) is 90.1 cm³/mol. The highest BCUT2D eigenvalue weighted by atomic mass is 35.5. The molecule has 0 spiro atoms. The molecule has 0 aliphatic carbocycles. The number of nitrogens with zero attached hydrogens (tertiary/aromatic N) is 2. The normalized spacial score (nSPS) is 12.7. The number of rotatable bonds is 6. The lowest BCUT2D eigenvalue weighted by molar-refractivity contribution is 0.341. The van der Waals surface area contributed by atoms with Gasteiger partial charge < -0.3 is 9.73 Å². The van der Waals surface area contributed by atoms with E-state index in [1.54, 1.807) is 16.8 Å². The van der Waals surface area contributed by atoms with E-state index in [9.17, 15) is 4.39 Å². The lowest BCUT2D eigenvalue weighted by atomic mass is 10.1. The van der Waals surface area contributed by atoms with Crippen molar-refractivity contribution >= 4 is 34.4 Å². The molecule has 0 aliphatic heterocycles. The molecule has 0 radical (unpaired) electrons. The van der Waals surface area contributed by atoms with Gasteiger partial charge in [-0.1, -0.05) is 23.2 Å². The van der Waals surface area contributed by atoms with Gasteiger partial charge in [0.05, 0.1) is 30.2 Å². The summed E-state index contributed by atoms with van der Waals surface area (Å²) in [6, 6.07) is 7.36. The van der Waals surface area contributed by atoms with Gasteiger partial charge in [-0.3, -0.25) is 0 Å². The summed E-state index contributed by atoms with van der Waals surface area (Å²) in [6.45, 7) is 2.05. The monoisotopic (exact) mass is 355 g/mol. The Bertz CT molecular complexity index is 799. The molecule has 23 heavy (non-hydrogen) atoms. The zero-order chi connectivity index (χ0) is 16.4. The topological polar surface area (TPSA) is 42.5 Å². The highest BCUT2D eigenvalue weighted by Gasteiger charge is 2.14. The first-order valence-electron chi connectivity index (χ1n) is 7.31. The van der Waals surface area contributed by atoms with Gasteiger partial charge in [0, 0.05) is 6.07 Å². The first-order chi connectivity index (χ1) is 11.0. The van der Waals surface area contributed by atoms with E-state index in [0.717, 1.165) is 22.5 Å². The number of hydrogen-bond acceptors (Lipinski definition) is 3. The number of aryl methyl sites for hydroxylation is 1. The number of furan rings is 1. The number of nitrogens with one attached hydrogen (secondary N) is 1. The quantitative estimate of drug-likeness (QED) is 0.665. The third-order valence-electron chi connectivity index (χ3n) is 3.57. The van der Waals surface area contributed by atoms with Gasteiger partial charge in [-0.25, -0.2) is 8.91 Å². The van der Waals surface area contributed by atoms with Crippen LogP contribution in [0.2, 0.25) is 10.3 Å². The van der Waals surface area contributed by atoms with Crippen molar-refractivity contribution in [2.45, 2.75) is 32.5 Å². The molecule has 1 N–H and O–H groups in total. The van der Waals surface area contributed by atoms with Gasteiger partial charge in [-0.15, -0.1) is 0 Å². The molecule has 0 bridgehead atoms. The van der Waals surface area contributed by atoms with Crippen LogP contribution in [0.1, 0.15) is 24.7 Å². The van der Waals surface area contributed by atoms with Gasteiger partial charge in [0.15, 0.2) is 5.15 Å². The maximum atomic E-state index is 13.1. The summed E-state index contributed by atoms with van der Waals surface area (Å²) in [7, 11) is 0. The highest BCUT2D eigenvalue weighted by molar-refractivity contribution is 6.31. The molecule has 0 aliphatic rings. The zero-order valence-corrected chi connectivity index (χ0v) is 14.0. The SMILES string of the molecule is CC(F)CCc1cc2c(NCc3ccco3)cc(Cl)nn2c1Cl. The van der Waals surface area contributed by atoms with E-state index in [0.29, 0.717) is 29.7 Å². The Morgan fingerprint density at radius 3 is 2.91 bits per heavy atom. The largest absolute Gasteiger partial charge is 0.467 e. The molecule has 1 unspecified atom stereocenters. The molecule has 3 rings (SSSR count). The maximum absolute atomic E-state index is 13.1. The van der Waals surface area contributed by atoms with Gasteiger partial charge in [0.25, 0.3) is 0 Å². The van der Waals surface area contributed by atoms with E-state index in [4.69, 9.17) is 27.6 Å². The summed E-state index contributed by atoms with van der Waals surface area (Å²) in [6.07, 6.45) is 1.72. The Hall–Kier alpha value is -1.72. The lowest BCUT2D eigenvalue weighted by Crippen LogP contribution is -2.02. The van der Waals surface area contributed by atoms with Crippen LogP contribution in [0.4, 0.5) is 10.1 Å². The lowest BCUT2D eigenvalue weighted by Gasteiger charge is -2.07. The van der Waals surface area contributed by atoms with E-state index in [2.05, 4.69) is 10.4 Å². The Labute approximate surface area is 143 Å². The van der Waals surface area contributed by atoms with Crippen molar-refractivity contribution in [1.82, 2.24) is 9.61 Å². The van der Waals surface area contributed by atoms with Gasteiger partial charge in [0.2, 0.25) is 0 Å². The molecule has 3 aromatic rings.